The molecule has 0 heterocycles. The largest absolute Gasteiger partial charge is 0.467 e. The van der Waals surface area contributed by atoms with Gasteiger partial charge in [-0.2, -0.15) is 0 Å². The minimum Gasteiger partial charge on any atom is -0.467 e. The van der Waals surface area contributed by atoms with Gasteiger partial charge in [0.15, 0.2) is 0 Å². The topological polar surface area (TPSA) is 64.6 Å². The number of hydrogen-bond acceptors (Lipinski definition) is 4. The molecule has 0 radical (unpaired) electrons. The first-order valence-corrected chi connectivity index (χ1v) is 6.90. The average molecular weight is 283 g/mol. The van der Waals surface area contributed by atoms with E-state index in [1.165, 1.54) is 7.11 Å². The Labute approximate surface area is 120 Å². The van der Waals surface area contributed by atoms with Gasteiger partial charge in [-0.3, -0.25) is 0 Å². The van der Waals surface area contributed by atoms with E-state index in [9.17, 15) is 9.59 Å². The molecular weight excluding hydrogens is 258 g/mol. The second-order valence-corrected chi connectivity index (χ2v) is 6.52. The van der Waals surface area contributed by atoms with Crippen molar-refractivity contribution in [3.05, 3.63) is 12.2 Å². The molecule has 114 valence electrons. The first kappa shape index (κ1) is 16.5. The van der Waals surface area contributed by atoms with E-state index in [1.54, 1.807) is 20.8 Å². The second-order valence-electron chi connectivity index (χ2n) is 6.52. The molecule has 1 N–H and O–H groups in total. The number of hydrogen-bond donors (Lipinski definition) is 1. The Bertz CT molecular complexity index is 397. The van der Waals surface area contributed by atoms with Gasteiger partial charge in [0.05, 0.1) is 7.11 Å². The lowest BCUT2D eigenvalue weighted by Crippen LogP contribution is -2.46. The number of alkyl carbamates (subject to hydrolysis) is 1. The predicted molar refractivity (Wildman–Crippen MR) is 76.3 cm³/mol. The molecule has 1 aliphatic rings. The van der Waals surface area contributed by atoms with Crippen molar-refractivity contribution in [2.75, 3.05) is 7.11 Å². The van der Waals surface area contributed by atoms with Crippen LogP contribution in [0.5, 0.6) is 0 Å². The first-order chi connectivity index (χ1) is 9.15. The van der Waals surface area contributed by atoms with Crippen LogP contribution in [0.4, 0.5) is 4.79 Å². The lowest BCUT2D eigenvalue weighted by molar-refractivity contribution is -0.143. The van der Waals surface area contributed by atoms with Crippen LogP contribution in [-0.4, -0.2) is 30.8 Å². The Morgan fingerprint density at radius 1 is 1.40 bits per heavy atom. The number of nitrogens with one attached hydrogen (secondary N) is 1. The number of carbonyl (C=O) groups is 2. The van der Waals surface area contributed by atoms with Gasteiger partial charge in [0.25, 0.3) is 0 Å². The summed E-state index contributed by atoms with van der Waals surface area (Å²) in [4.78, 5) is 23.6. The number of rotatable bonds is 4. The average Bonchev–Trinajstić information content (AvgIpc) is 2.71. The van der Waals surface area contributed by atoms with Crippen LogP contribution in [0, 0.1) is 5.41 Å². The van der Waals surface area contributed by atoms with Crippen molar-refractivity contribution >= 4 is 12.1 Å². The number of allylic oxidation sites excluding steroid dienone is 2. The molecule has 0 saturated heterocycles. The van der Waals surface area contributed by atoms with Crippen molar-refractivity contribution < 1.29 is 19.1 Å². The van der Waals surface area contributed by atoms with Gasteiger partial charge in [0.1, 0.15) is 11.6 Å². The molecule has 0 saturated carbocycles. The van der Waals surface area contributed by atoms with Crippen molar-refractivity contribution in [1.82, 2.24) is 5.32 Å². The Hall–Kier alpha value is -1.52. The van der Waals surface area contributed by atoms with E-state index in [2.05, 4.69) is 24.4 Å². The molecule has 1 unspecified atom stereocenters. The third-order valence-corrected chi connectivity index (χ3v) is 3.25. The quantitative estimate of drug-likeness (QED) is 0.636. The fourth-order valence-electron chi connectivity index (χ4n) is 2.29. The molecular formula is C15H25NO4. The summed E-state index contributed by atoms with van der Waals surface area (Å²) in [6.07, 6.45) is 6.07. The van der Waals surface area contributed by atoms with Gasteiger partial charge >= 0.3 is 12.1 Å². The maximum atomic E-state index is 11.8. The summed E-state index contributed by atoms with van der Waals surface area (Å²) in [5.41, 5.74) is -0.685. The second kappa shape index (κ2) is 6.29. The standard InChI is InChI=1S/C15H25NO4/c1-14(2,3)20-13(18)16-11(12(17)19-5)10-15(4)8-6-7-9-15/h6,8,11H,7,9-10H2,1-5H3,(H,16,18)/t11-,15?/m0/s1. The Balaban J connectivity index is 2.68. The Kier molecular flexibility index (Phi) is 5.20. The summed E-state index contributed by atoms with van der Waals surface area (Å²) >= 11 is 0. The monoisotopic (exact) mass is 283 g/mol. The SMILES string of the molecule is COC(=O)[C@H](CC1(C)C=CCC1)NC(=O)OC(C)(C)C. The molecule has 5 nitrogen and oxygen atoms in total. The van der Waals surface area contributed by atoms with E-state index >= 15 is 0 Å². The molecule has 0 aromatic rings. The van der Waals surface area contributed by atoms with E-state index in [-0.39, 0.29) is 5.41 Å². The summed E-state index contributed by atoms with van der Waals surface area (Å²) in [7, 11) is 1.32. The van der Waals surface area contributed by atoms with E-state index < -0.39 is 23.7 Å². The zero-order valence-corrected chi connectivity index (χ0v) is 13.0. The zero-order chi connectivity index (χ0) is 15.4. The minimum absolute atomic E-state index is 0.0894. The highest BCUT2D eigenvalue weighted by molar-refractivity contribution is 5.81. The van der Waals surface area contributed by atoms with Gasteiger partial charge in [-0.1, -0.05) is 19.1 Å². The molecule has 0 aromatic heterocycles. The highest BCUT2D eigenvalue weighted by Gasteiger charge is 2.33. The van der Waals surface area contributed by atoms with Crippen molar-refractivity contribution in [1.29, 1.82) is 0 Å². The normalized spacial score (nSPS) is 23.2. The van der Waals surface area contributed by atoms with Crippen molar-refractivity contribution in [2.24, 2.45) is 5.41 Å². The van der Waals surface area contributed by atoms with E-state index in [0.717, 1.165) is 12.8 Å². The van der Waals surface area contributed by atoms with E-state index in [4.69, 9.17) is 9.47 Å². The van der Waals surface area contributed by atoms with Crippen LogP contribution in [0.2, 0.25) is 0 Å². The third kappa shape index (κ3) is 5.23. The van der Waals surface area contributed by atoms with Gasteiger partial charge < -0.3 is 14.8 Å². The molecule has 1 amide bonds. The van der Waals surface area contributed by atoms with Crippen LogP contribution >= 0.6 is 0 Å². The van der Waals surface area contributed by atoms with Crippen molar-refractivity contribution in [3.8, 4) is 0 Å². The third-order valence-electron chi connectivity index (χ3n) is 3.25. The van der Waals surface area contributed by atoms with Crippen LogP contribution in [-0.2, 0) is 14.3 Å². The summed E-state index contributed by atoms with van der Waals surface area (Å²) in [5.74, 6) is -0.447. The predicted octanol–water partition coefficient (Wildman–Crippen LogP) is 2.80. The van der Waals surface area contributed by atoms with E-state index in [1.807, 2.05) is 0 Å². The van der Waals surface area contributed by atoms with Crippen molar-refractivity contribution in [3.63, 3.8) is 0 Å². The fourth-order valence-corrected chi connectivity index (χ4v) is 2.29. The van der Waals surface area contributed by atoms with Gasteiger partial charge in [0, 0.05) is 0 Å². The lowest BCUT2D eigenvalue weighted by Gasteiger charge is -2.28. The zero-order valence-electron chi connectivity index (χ0n) is 13.0. The fraction of sp³-hybridized carbons (Fsp3) is 0.733. The molecule has 5 heteroatoms. The summed E-state index contributed by atoms with van der Waals surface area (Å²) in [6, 6.07) is -0.692. The number of ether oxygens (including phenoxy) is 2. The molecule has 0 bridgehead atoms. The first-order valence-electron chi connectivity index (χ1n) is 6.90. The summed E-state index contributed by atoms with van der Waals surface area (Å²) < 4.78 is 9.95. The molecule has 0 spiro atoms. The maximum absolute atomic E-state index is 11.8. The Morgan fingerprint density at radius 2 is 2.05 bits per heavy atom. The van der Waals surface area contributed by atoms with Crippen LogP contribution in [0.3, 0.4) is 0 Å². The van der Waals surface area contributed by atoms with Crippen LogP contribution in [0.15, 0.2) is 12.2 Å². The maximum Gasteiger partial charge on any atom is 0.408 e. The molecule has 2 atom stereocenters. The van der Waals surface area contributed by atoms with Crippen LogP contribution in [0.1, 0.15) is 47.0 Å². The highest BCUT2D eigenvalue weighted by Crippen LogP contribution is 2.36. The molecule has 0 aromatic carbocycles. The van der Waals surface area contributed by atoms with Gasteiger partial charge in [-0.05, 0) is 45.4 Å². The van der Waals surface area contributed by atoms with Crippen LogP contribution < -0.4 is 5.32 Å². The number of amides is 1. The number of carbonyl (C=O) groups excluding carboxylic acids is 2. The summed E-state index contributed by atoms with van der Waals surface area (Å²) in [6.45, 7) is 7.41. The molecule has 0 fully saturated rings. The molecule has 1 aliphatic carbocycles. The minimum atomic E-state index is -0.692. The van der Waals surface area contributed by atoms with Gasteiger partial charge in [-0.15, -0.1) is 0 Å². The van der Waals surface area contributed by atoms with Gasteiger partial charge in [0.2, 0.25) is 0 Å². The van der Waals surface area contributed by atoms with Crippen LogP contribution in [0.25, 0.3) is 0 Å². The summed E-state index contributed by atoms with van der Waals surface area (Å²) in [5, 5.41) is 2.61. The smallest absolute Gasteiger partial charge is 0.408 e. The molecule has 20 heavy (non-hydrogen) atoms. The number of esters is 1. The highest BCUT2D eigenvalue weighted by atomic mass is 16.6. The van der Waals surface area contributed by atoms with Gasteiger partial charge in [-0.25, -0.2) is 9.59 Å². The lowest BCUT2D eigenvalue weighted by atomic mass is 9.83. The molecule has 0 aliphatic heterocycles. The van der Waals surface area contributed by atoms with E-state index in [0.29, 0.717) is 6.42 Å². The Morgan fingerprint density at radius 3 is 2.50 bits per heavy atom. The molecule has 1 rings (SSSR count). The number of methoxy groups -OCH3 is 1. The van der Waals surface area contributed by atoms with Crippen molar-refractivity contribution in [2.45, 2.75) is 58.6 Å².